The smallest absolute Gasteiger partial charge is 0.318 e. The van der Waals surface area contributed by atoms with Crippen molar-refractivity contribution >= 4 is 15.8 Å². The number of piperazine rings is 1. The molecule has 0 amide bonds. The van der Waals surface area contributed by atoms with Crippen LogP contribution in [-0.4, -0.2) is 80.6 Å². The molecule has 0 aromatic rings. The third-order valence-electron chi connectivity index (χ3n) is 2.66. The van der Waals surface area contributed by atoms with Crippen LogP contribution in [0.1, 0.15) is 0 Å². The SMILES string of the molecule is CN1CCN(CCS(=O)(=O)CC(=O)O)CC1. The van der Waals surface area contributed by atoms with Crippen LogP contribution in [0, 0.1) is 0 Å². The number of aliphatic carboxylic acids is 1. The van der Waals surface area contributed by atoms with Crippen LogP contribution in [0.3, 0.4) is 0 Å². The fourth-order valence-electron chi connectivity index (χ4n) is 1.60. The van der Waals surface area contributed by atoms with Crippen LogP contribution in [0.25, 0.3) is 0 Å². The summed E-state index contributed by atoms with van der Waals surface area (Å²) in [4.78, 5) is 14.5. The number of likely N-dealkylation sites (N-methyl/N-ethyl adjacent to an activating group) is 1. The van der Waals surface area contributed by atoms with E-state index in [1.165, 1.54) is 0 Å². The molecule has 1 aliphatic rings. The van der Waals surface area contributed by atoms with Crippen molar-refractivity contribution in [3.63, 3.8) is 0 Å². The van der Waals surface area contributed by atoms with Gasteiger partial charge in [0.2, 0.25) is 0 Å². The molecular weight excluding hydrogens is 232 g/mol. The highest BCUT2D eigenvalue weighted by atomic mass is 32.2. The third-order valence-corrected chi connectivity index (χ3v) is 4.15. The lowest BCUT2D eigenvalue weighted by Gasteiger charge is -2.32. The molecule has 1 N–H and O–H groups in total. The number of carboxylic acids is 1. The summed E-state index contributed by atoms with van der Waals surface area (Å²) in [5, 5.41) is 8.42. The number of hydrogen-bond acceptors (Lipinski definition) is 5. The Morgan fingerprint density at radius 1 is 1.25 bits per heavy atom. The van der Waals surface area contributed by atoms with E-state index in [2.05, 4.69) is 9.80 Å². The fraction of sp³-hybridized carbons (Fsp3) is 0.889. The van der Waals surface area contributed by atoms with E-state index in [4.69, 9.17) is 5.11 Å². The molecule has 94 valence electrons. The highest BCUT2D eigenvalue weighted by molar-refractivity contribution is 7.92. The second kappa shape index (κ2) is 5.60. The molecule has 1 heterocycles. The van der Waals surface area contributed by atoms with Gasteiger partial charge in [-0.1, -0.05) is 0 Å². The van der Waals surface area contributed by atoms with Gasteiger partial charge >= 0.3 is 5.97 Å². The standard InChI is InChI=1S/C9H18N2O4S/c1-10-2-4-11(5-3-10)6-7-16(14,15)8-9(12)13/h2-8H2,1H3,(H,12,13). The minimum Gasteiger partial charge on any atom is -0.480 e. The van der Waals surface area contributed by atoms with Crippen LogP contribution < -0.4 is 0 Å². The minimum atomic E-state index is -3.45. The van der Waals surface area contributed by atoms with Crippen LogP contribution in [0.5, 0.6) is 0 Å². The molecule has 0 bridgehead atoms. The van der Waals surface area contributed by atoms with Crippen LogP contribution in [-0.2, 0) is 14.6 Å². The van der Waals surface area contributed by atoms with Gasteiger partial charge in [0.1, 0.15) is 5.75 Å². The Hall–Kier alpha value is -0.660. The largest absolute Gasteiger partial charge is 0.480 e. The molecule has 1 saturated heterocycles. The summed E-state index contributed by atoms with van der Waals surface area (Å²) in [6.45, 7) is 3.99. The maximum atomic E-state index is 11.3. The molecule has 0 saturated carbocycles. The topological polar surface area (TPSA) is 77.9 Å². The summed E-state index contributed by atoms with van der Waals surface area (Å²) in [6, 6.07) is 0. The van der Waals surface area contributed by atoms with Gasteiger partial charge in [-0.25, -0.2) is 8.42 Å². The molecule has 1 fully saturated rings. The lowest BCUT2D eigenvalue weighted by molar-refractivity contribution is -0.134. The first-order valence-electron chi connectivity index (χ1n) is 5.22. The lowest BCUT2D eigenvalue weighted by Crippen LogP contribution is -2.46. The highest BCUT2D eigenvalue weighted by Crippen LogP contribution is 2.00. The summed E-state index contributed by atoms with van der Waals surface area (Å²) < 4.78 is 22.7. The van der Waals surface area contributed by atoms with Crippen molar-refractivity contribution in [1.82, 2.24) is 9.80 Å². The van der Waals surface area contributed by atoms with Crippen molar-refractivity contribution in [2.45, 2.75) is 0 Å². The summed E-state index contributed by atoms with van der Waals surface area (Å²) in [5.74, 6) is -2.11. The normalized spacial score (nSPS) is 19.8. The zero-order chi connectivity index (χ0) is 12.2. The molecule has 0 unspecified atom stereocenters. The molecule has 0 radical (unpaired) electrons. The fourth-order valence-corrected chi connectivity index (χ4v) is 2.66. The van der Waals surface area contributed by atoms with Gasteiger partial charge < -0.3 is 10.0 Å². The van der Waals surface area contributed by atoms with Crippen LogP contribution in [0.2, 0.25) is 0 Å². The van der Waals surface area contributed by atoms with Crippen LogP contribution in [0.15, 0.2) is 0 Å². The molecule has 6 nitrogen and oxygen atoms in total. The van der Waals surface area contributed by atoms with Crippen molar-refractivity contribution in [3.8, 4) is 0 Å². The van der Waals surface area contributed by atoms with E-state index in [0.29, 0.717) is 6.54 Å². The molecule has 0 aliphatic carbocycles. The molecular formula is C9H18N2O4S. The Morgan fingerprint density at radius 3 is 2.31 bits per heavy atom. The molecule has 0 spiro atoms. The van der Waals surface area contributed by atoms with Crippen LogP contribution >= 0.6 is 0 Å². The van der Waals surface area contributed by atoms with E-state index in [9.17, 15) is 13.2 Å². The number of nitrogens with zero attached hydrogens (tertiary/aromatic N) is 2. The molecule has 7 heteroatoms. The number of rotatable bonds is 5. The molecule has 16 heavy (non-hydrogen) atoms. The second-order valence-corrected chi connectivity index (χ2v) is 6.31. The zero-order valence-electron chi connectivity index (χ0n) is 9.42. The number of sulfone groups is 1. The van der Waals surface area contributed by atoms with Gasteiger partial charge in [0, 0.05) is 32.7 Å². The predicted molar refractivity (Wildman–Crippen MR) is 60.2 cm³/mol. The minimum absolute atomic E-state index is 0.0665. The Bertz CT molecular complexity index is 333. The molecule has 0 atom stereocenters. The van der Waals surface area contributed by atoms with Gasteiger partial charge in [0.25, 0.3) is 0 Å². The Morgan fingerprint density at radius 2 is 1.81 bits per heavy atom. The van der Waals surface area contributed by atoms with E-state index in [0.717, 1.165) is 26.2 Å². The first kappa shape index (κ1) is 13.4. The molecule has 0 aromatic carbocycles. The van der Waals surface area contributed by atoms with E-state index >= 15 is 0 Å². The van der Waals surface area contributed by atoms with Gasteiger partial charge in [-0.2, -0.15) is 0 Å². The number of carbonyl (C=O) groups is 1. The third kappa shape index (κ3) is 4.91. The summed E-state index contributed by atoms with van der Waals surface area (Å²) in [7, 11) is -1.42. The van der Waals surface area contributed by atoms with E-state index in [-0.39, 0.29) is 5.75 Å². The Kier molecular flexibility index (Phi) is 4.69. The van der Waals surface area contributed by atoms with Gasteiger partial charge in [0.05, 0.1) is 5.75 Å². The summed E-state index contributed by atoms with van der Waals surface area (Å²) in [5.41, 5.74) is 0. The number of carboxylic acid groups (broad SMARTS) is 1. The molecule has 1 aliphatic heterocycles. The maximum Gasteiger partial charge on any atom is 0.318 e. The second-order valence-electron chi connectivity index (χ2n) is 4.13. The Labute approximate surface area is 95.8 Å². The zero-order valence-corrected chi connectivity index (χ0v) is 10.2. The van der Waals surface area contributed by atoms with Crippen LogP contribution in [0.4, 0.5) is 0 Å². The number of hydrogen-bond donors (Lipinski definition) is 1. The average molecular weight is 250 g/mol. The van der Waals surface area contributed by atoms with Crippen molar-refractivity contribution in [3.05, 3.63) is 0 Å². The van der Waals surface area contributed by atoms with Crippen molar-refractivity contribution in [2.75, 3.05) is 51.3 Å². The lowest BCUT2D eigenvalue weighted by atomic mass is 10.3. The van der Waals surface area contributed by atoms with E-state index in [1.54, 1.807) is 0 Å². The first-order valence-corrected chi connectivity index (χ1v) is 7.04. The Balaban J connectivity index is 2.31. The van der Waals surface area contributed by atoms with Gasteiger partial charge in [-0.3, -0.25) is 9.69 Å². The van der Waals surface area contributed by atoms with E-state index in [1.807, 2.05) is 7.05 Å². The highest BCUT2D eigenvalue weighted by Gasteiger charge is 2.19. The predicted octanol–water partition coefficient (Wildman–Crippen LogP) is -1.27. The summed E-state index contributed by atoms with van der Waals surface area (Å²) >= 11 is 0. The quantitative estimate of drug-likeness (QED) is 0.656. The monoisotopic (exact) mass is 250 g/mol. The van der Waals surface area contributed by atoms with E-state index < -0.39 is 21.6 Å². The first-order chi connectivity index (χ1) is 7.39. The van der Waals surface area contributed by atoms with Crippen molar-refractivity contribution in [1.29, 1.82) is 0 Å². The van der Waals surface area contributed by atoms with Gasteiger partial charge in [-0.15, -0.1) is 0 Å². The van der Waals surface area contributed by atoms with Gasteiger partial charge in [-0.05, 0) is 7.05 Å². The van der Waals surface area contributed by atoms with Gasteiger partial charge in [0.15, 0.2) is 9.84 Å². The molecule has 1 rings (SSSR count). The van der Waals surface area contributed by atoms with Crippen molar-refractivity contribution < 1.29 is 18.3 Å². The average Bonchev–Trinajstić information content (AvgIpc) is 2.15. The van der Waals surface area contributed by atoms with Crippen molar-refractivity contribution in [2.24, 2.45) is 0 Å². The maximum absolute atomic E-state index is 11.3. The molecule has 0 aromatic heterocycles. The summed E-state index contributed by atoms with van der Waals surface area (Å²) in [6.07, 6.45) is 0.